The fourth-order valence-corrected chi connectivity index (χ4v) is 4.45. The zero-order valence-electron chi connectivity index (χ0n) is 14.5. The van der Waals surface area contributed by atoms with Gasteiger partial charge >= 0.3 is 0 Å². The van der Waals surface area contributed by atoms with Gasteiger partial charge < -0.3 is 10.6 Å². The molecule has 2 rings (SSSR count). The monoisotopic (exact) mass is 498 g/mol. The minimum atomic E-state index is -2.80. The summed E-state index contributed by atoms with van der Waals surface area (Å²) < 4.78 is 22.8. The molecule has 1 fully saturated rings. The number of benzene rings is 1. The Hall–Kier alpha value is -0.520. The number of guanidine groups is 1. The maximum Gasteiger partial charge on any atom is 0.191 e. The summed E-state index contributed by atoms with van der Waals surface area (Å²) in [5.74, 6) is 2.30. The molecule has 0 aliphatic carbocycles. The van der Waals surface area contributed by atoms with Gasteiger partial charge in [0.1, 0.15) is 0 Å². The average molecular weight is 498 g/mol. The smallest absolute Gasteiger partial charge is 0.191 e. The largest absolute Gasteiger partial charge is 0.356 e. The maximum absolute atomic E-state index is 11.4. The van der Waals surface area contributed by atoms with E-state index in [1.807, 2.05) is 30.0 Å². The molecule has 0 aromatic heterocycles. The van der Waals surface area contributed by atoms with Gasteiger partial charge in [0.15, 0.2) is 15.8 Å². The molecule has 1 saturated heterocycles. The number of hydrogen-bond acceptors (Lipinski definition) is 5. The molecule has 0 amide bonds. The van der Waals surface area contributed by atoms with Gasteiger partial charge in [0, 0.05) is 50.4 Å². The minimum absolute atomic E-state index is 0. The van der Waals surface area contributed by atoms with Crippen molar-refractivity contribution >= 4 is 51.5 Å². The molecule has 25 heavy (non-hydrogen) atoms. The van der Waals surface area contributed by atoms with Crippen molar-refractivity contribution in [3.8, 4) is 0 Å². The van der Waals surface area contributed by atoms with Gasteiger partial charge in [-0.2, -0.15) is 0 Å². The van der Waals surface area contributed by atoms with Gasteiger partial charge in [0.25, 0.3) is 0 Å². The normalized spacial score (nSPS) is 17.6. The van der Waals surface area contributed by atoms with Crippen LogP contribution < -0.4 is 10.6 Å². The van der Waals surface area contributed by atoms with Crippen LogP contribution in [-0.4, -0.2) is 76.3 Å². The van der Waals surface area contributed by atoms with E-state index in [0.717, 1.165) is 31.3 Å². The van der Waals surface area contributed by atoms with Gasteiger partial charge in [-0.25, -0.2) is 8.42 Å². The predicted octanol–water partition coefficient (Wildman–Crippen LogP) is 1.29. The molecule has 0 atom stereocenters. The van der Waals surface area contributed by atoms with E-state index in [1.165, 1.54) is 4.90 Å². The molecule has 0 radical (unpaired) electrons. The number of sulfone groups is 1. The van der Waals surface area contributed by atoms with Crippen molar-refractivity contribution in [2.75, 3.05) is 57.0 Å². The van der Waals surface area contributed by atoms with Gasteiger partial charge in [-0.3, -0.25) is 9.89 Å². The molecule has 0 unspecified atom stereocenters. The third-order valence-corrected chi connectivity index (χ3v) is 6.41. The molecule has 0 spiro atoms. The topological polar surface area (TPSA) is 73.8 Å². The molecular formula is C16H27IN4O2S2. The highest BCUT2D eigenvalue weighted by Gasteiger charge is 2.20. The molecule has 6 nitrogen and oxygen atoms in total. The van der Waals surface area contributed by atoms with Crippen molar-refractivity contribution in [2.24, 2.45) is 4.99 Å². The molecule has 142 valence electrons. The Kier molecular flexibility index (Phi) is 10.8. The molecule has 0 bridgehead atoms. The highest BCUT2D eigenvalue weighted by molar-refractivity contribution is 14.0. The number of aliphatic imine (C=N–C) groups is 1. The molecule has 1 aliphatic rings. The summed E-state index contributed by atoms with van der Waals surface area (Å²) in [5.41, 5.74) is 0. The number of nitrogens with one attached hydrogen (secondary N) is 2. The number of nitrogens with zero attached hydrogens (tertiary/aromatic N) is 2. The molecule has 1 heterocycles. The lowest BCUT2D eigenvalue weighted by Gasteiger charge is -2.26. The lowest BCUT2D eigenvalue weighted by Crippen LogP contribution is -2.46. The molecule has 1 aromatic rings. The maximum atomic E-state index is 11.4. The average Bonchev–Trinajstić information content (AvgIpc) is 2.59. The molecule has 2 N–H and O–H groups in total. The summed E-state index contributed by atoms with van der Waals surface area (Å²) >= 11 is 1.81. The quantitative estimate of drug-likeness (QED) is 0.194. The van der Waals surface area contributed by atoms with Crippen LogP contribution in [0.4, 0.5) is 0 Å². The van der Waals surface area contributed by atoms with E-state index in [-0.39, 0.29) is 35.5 Å². The number of halogens is 1. The number of hydrogen-bond donors (Lipinski definition) is 2. The Morgan fingerprint density at radius 2 is 1.80 bits per heavy atom. The van der Waals surface area contributed by atoms with Crippen LogP contribution in [0.25, 0.3) is 0 Å². The molecule has 9 heteroatoms. The van der Waals surface area contributed by atoms with E-state index in [0.29, 0.717) is 13.1 Å². The first-order valence-electron chi connectivity index (χ1n) is 8.14. The fourth-order valence-electron chi connectivity index (χ4n) is 2.38. The highest BCUT2D eigenvalue weighted by atomic mass is 127. The van der Waals surface area contributed by atoms with Crippen molar-refractivity contribution in [3.63, 3.8) is 0 Å². The lowest BCUT2D eigenvalue weighted by molar-refractivity contribution is 0.299. The predicted molar refractivity (Wildman–Crippen MR) is 117 cm³/mol. The van der Waals surface area contributed by atoms with Crippen LogP contribution in [0.5, 0.6) is 0 Å². The second-order valence-corrected chi connectivity index (χ2v) is 9.05. The molecule has 0 saturated carbocycles. The fraction of sp³-hybridized carbons (Fsp3) is 0.562. The first-order chi connectivity index (χ1) is 11.6. The number of thioether (sulfide) groups is 1. The van der Waals surface area contributed by atoms with Gasteiger partial charge in [-0.15, -0.1) is 35.7 Å². The van der Waals surface area contributed by atoms with Gasteiger partial charge in [0.2, 0.25) is 0 Å². The van der Waals surface area contributed by atoms with E-state index in [9.17, 15) is 8.42 Å². The lowest BCUT2D eigenvalue weighted by atomic mass is 10.4. The van der Waals surface area contributed by atoms with E-state index < -0.39 is 9.84 Å². The summed E-state index contributed by atoms with van der Waals surface area (Å²) in [6, 6.07) is 10.3. The second-order valence-electron chi connectivity index (χ2n) is 5.58. The molecule has 1 aromatic carbocycles. The van der Waals surface area contributed by atoms with Crippen molar-refractivity contribution in [1.82, 2.24) is 15.5 Å². The zero-order valence-corrected chi connectivity index (χ0v) is 18.4. The molecular weight excluding hydrogens is 471 g/mol. The van der Waals surface area contributed by atoms with E-state index in [4.69, 9.17) is 0 Å². The summed E-state index contributed by atoms with van der Waals surface area (Å²) in [7, 11) is -1.04. The van der Waals surface area contributed by atoms with Crippen LogP contribution in [-0.2, 0) is 9.84 Å². The Bertz CT molecular complexity index is 612. The van der Waals surface area contributed by atoms with Gasteiger partial charge in [0.05, 0.1) is 11.5 Å². The second kappa shape index (κ2) is 12.0. The summed E-state index contributed by atoms with van der Waals surface area (Å²) in [4.78, 5) is 7.65. The van der Waals surface area contributed by atoms with Crippen LogP contribution in [0.3, 0.4) is 0 Å². The summed E-state index contributed by atoms with van der Waals surface area (Å²) in [6.45, 7) is 3.68. The summed E-state index contributed by atoms with van der Waals surface area (Å²) in [6.07, 6.45) is 0. The Morgan fingerprint density at radius 1 is 1.16 bits per heavy atom. The van der Waals surface area contributed by atoms with E-state index in [2.05, 4.69) is 32.7 Å². The van der Waals surface area contributed by atoms with Crippen molar-refractivity contribution < 1.29 is 8.42 Å². The third-order valence-electron chi connectivity index (χ3n) is 3.79. The van der Waals surface area contributed by atoms with Crippen LogP contribution >= 0.6 is 35.7 Å². The Balaban J connectivity index is 0.00000312. The Morgan fingerprint density at radius 3 is 2.44 bits per heavy atom. The standard InChI is InChI=1S/C16H26N4O2S2.HI/c1-17-16(19-8-12-23-15-5-3-2-4-6-15)18-7-9-20-10-13-24(21,22)14-11-20;/h2-6H,7-14H2,1H3,(H2,17,18,19);1H. The van der Waals surface area contributed by atoms with E-state index in [1.54, 1.807) is 7.05 Å². The van der Waals surface area contributed by atoms with Crippen LogP contribution in [0.15, 0.2) is 40.2 Å². The van der Waals surface area contributed by atoms with Crippen molar-refractivity contribution in [2.45, 2.75) is 4.90 Å². The van der Waals surface area contributed by atoms with Gasteiger partial charge in [-0.05, 0) is 12.1 Å². The minimum Gasteiger partial charge on any atom is -0.356 e. The first kappa shape index (κ1) is 22.5. The first-order valence-corrected chi connectivity index (χ1v) is 10.9. The highest BCUT2D eigenvalue weighted by Crippen LogP contribution is 2.15. The zero-order chi connectivity index (χ0) is 17.3. The Labute approximate surface area is 172 Å². The third kappa shape index (κ3) is 9.11. The number of rotatable bonds is 7. The van der Waals surface area contributed by atoms with Crippen molar-refractivity contribution in [3.05, 3.63) is 30.3 Å². The summed E-state index contributed by atoms with van der Waals surface area (Å²) in [5, 5.41) is 6.57. The van der Waals surface area contributed by atoms with Crippen molar-refractivity contribution in [1.29, 1.82) is 0 Å². The molecule has 1 aliphatic heterocycles. The SMILES string of the molecule is CN=C(NCCSc1ccccc1)NCCN1CCS(=O)(=O)CC1.I. The van der Waals surface area contributed by atoms with Crippen LogP contribution in [0.1, 0.15) is 0 Å². The van der Waals surface area contributed by atoms with Gasteiger partial charge in [-0.1, -0.05) is 18.2 Å². The van der Waals surface area contributed by atoms with Crippen LogP contribution in [0.2, 0.25) is 0 Å². The van der Waals surface area contributed by atoms with Crippen LogP contribution in [0, 0.1) is 0 Å². The van der Waals surface area contributed by atoms with E-state index >= 15 is 0 Å².